The van der Waals surface area contributed by atoms with Crippen molar-refractivity contribution in [3.05, 3.63) is 131 Å². The number of urea groups is 1. The summed E-state index contributed by atoms with van der Waals surface area (Å²) in [4.78, 5) is 33.6. The fourth-order valence-electron chi connectivity index (χ4n) is 6.95. The van der Waals surface area contributed by atoms with E-state index in [9.17, 15) is 48.0 Å². The van der Waals surface area contributed by atoms with Gasteiger partial charge in [0.1, 0.15) is 23.0 Å². The van der Waals surface area contributed by atoms with Crippen LogP contribution in [-0.4, -0.2) is 52.8 Å². The summed E-state index contributed by atoms with van der Waals surface area (Å²) in [6.07, 6.45) is 9.51. The zero-order chi connectivity index (χ0) is 46.2. The number of carbonyl (C=O) groups is 1. The molecule has 2 aliphatic rings. The molecule has 332 valence electrons. The Kier molecular flexibility index (Phi) is 14.5. The van der Waals surface area contributed by atoms with Gasteiger partial charge in [-0.05, 0) is 103 Å². The summed E-state index contributed by atoms with van der Waals surface area (Å²) in [5.41, 5.74) is 3.05. The molecular weight excluding hydrogens is 895 g/mol. The van der Waals surface area contributed by atoms with Crippen LogP contribution in [0.1, 0.15) is 59.3 Å². The predicted molar refractivity (Wildman–Crippen MR) is 214 cm³/mol. The highest BCUT2D eigenvalue weighted by Crippen LogP contribution is 2.41. The number of hydrogen-bond acceptors (Lipinski definition) is 13. The van der Waals surface area contributed by atoms with Crippen LogP contribution in [0.3, 0.4) is 0 Å². The molecule has 0 saturated carbocycles. The molecular formula is C40H32F6N10O6S2. The molecule has 0 aliphatic heterocycles. The summed E-state index contributed by atoms with van der Waals surface area (Å²) in [5, 5.41) is 14.0. The molecule has 2 aromatic carbocycles. The summed E-state index contributed by atoms with van der Waals surface area (Å²) < 4.78 is 133. The van der Waals surface area contributed by atoms with Crippen LogP contribution >= 0.6 is 0 Å². The zero-order valence-electron chi connectivity index (χ0n) is 32.7. The van der Waals surface area contributed by atoms with Crippen LogP contribution in [0.5, 0.6) is 5.75 Å². The topological polar surface area (TPSA) is 246 Å². The van der Waals surface area contributed by atoms with Crippen molar-refractivity contribution in [2.75, 3.05) is 5.32 Å². The molecule has 8 rings (SSSR count). The molecule has 0 atom stereocenters. The van der Waals surface area contributed by atoms with Gasteiger partial charge in [0.25, 0.3) is 39.2 Å². The van der Waals surface area contributed by atoms with Gasteiger partial charge >= 0.3 is 6.03 Å². The number of hydrogen-bond donors (Lipinski definition) is 3. The number of alkyl halides is 4. The summed E-state index contributed by atoms with van der Waals surface area (Å²) in [6.45, 7) is 0. The number of nitriles is 1. The molecule has 2 aliphatic carbocycles. The third-order valence-corrected chi connectivity index (χ3v) is 11.7. The Morgan fingerprint density at radius 2 is 1.12 bits per heavy atom. The van der Waals surface area contributed by atoms with Crippen molar-refractivity contribution in [3.63, 3.8) is 0 Å². The molecule has 0 radical (unpaired) electrons. The Bertz CT molecular complexity index is 2950. The molecule has 0 spiro atoms. The normalized spacial score (nSPS) is 12.8. The van der Waals surface area contributed by atoms with E-state index < -0.39 is 66.2 Å². The van der Waals surface area contributed by atoms with Gasteiger partial charge in [0.15, 0.2) is 10.8 Å². The van der Waals surface area contributed by atoms with Gasteiger partial charge in [0.2, 0.25) is 5.03 Å². The first-order chi connectivity index (χ1) is 30.5. The van der Waals surface area contributed by atoms with Crippen molar-refractivity contribution in [1.29, 1.82) is 5.26 Å². The van der Waals surface area contributed by atoms with E-state index in [-0.39, 0.29) is 11.5 Å². The lowest BCUT2D eigenvalue weighted by Crippen LogP contribution is -2.36. The van der Waals surface area contributed by atoms with Crippen LogP contribution < -0.4 is 19.9 Å². The summed E-state index contributed by atoms with van der Waals surface area (Å²) >= 11 is 0. The van der Waals surface area contributed by atoms with Gasteiger partial charge in [-0.25, -0.2) is 59.4 Å². The smallest absolute Gasteiger partial charge is 0.333 e. The monoisotopic (exact) mass is 926 g/mol. The first kappa shape index (κ1) is 46.4. The number of nitrogens with zero attached hydrogens (tertiary/aromatic N) is 7. The maximum Gasteiger partial charge on any atom is 0.333 e. The van der Waals surface area contributed by atoms with Gasteiger partial charge in [0, 0.05) is 66.3 Å². The number of rotatable bonds is 9. The fourth-order valence-corrected chi connectivity index (χ4v) is 8.60. The van der Waals surface area contributed by atoms with Gasteiger partial charge in [0.05, 0.1) is 5.69 Å². The van der Waals surface area contributed by atoms with Crippen LogP contribution in [0.4, 0.5) is 36.8 Å². The third kappa shape index (κ3) is 10.6. The van der Waals surface area contributed by atoms with Crippen LogP contribution in [0.15, 0.2) is 96.0 Å². The standard InChI is InChI=1S/C20H16F3N5O3S.C15H11FN2O.C5H5F2N3O2S/c21-15-10-14(11-4-6-24-7-5-11)16(13-3-1-2-12(13)15)27-20(29)28-32(30,31)19-17(18(22)23)25-8-9-26-19;16-14-8-13(10-4-6-18-7-5-10)15(19-9-17)12-3-1-2-11(12)14;6-4(7)3-5(13(8,11)12)10-2-1-9-3/h4-10,18H,1-3H2,(H2,27,28,29);4-8H,1-3H2;1-2,4H,(H2,8,11,12). The summed E-state index contributed by atoms with van der Waals surface area (Å²) in [7, 11) is -8.99. The van der Waals surface area contributed by atoms with Crippen molar-refractivity contribution in [1.82, 2.24) is 34.6 Å². The number of halogens is 6. The summed E-state index contributed by atoms with van der Waals surface area (Å²) in [6, 6.07) is 8.30. The number of benzene rings is 2. The third-order valence-electron chi connectivity index (χ3n) is 9.56. The number of pyridine rings is 2. The van der Waals surface area contributed by atoms with Crippen molar-refractivity contribution in [3.8, 4) is 34.3 Å². The Hall–Kier alpha value is -7.10. The van der Waals surface area contributed by atoms with Crippen LogP contribution in [-0.2, 0) is 45.7 Å². The Balaban J connectivity index is 0.000000179. The van der Waals surface area contributed by atoms with Gasteiger partial charge < -0.3 is 10.1 Å². The molecule has 4 N–H and O–H groups in total. The number of sulfonamides is 2. The maximum absolute atomic E-state index is 14.6. The average molecular weight is 927 g/mol. The van der Waals surface area contributed by atoms with Gasteiger partial charge in [-0.1, -0.05) is 0 Å². The highest BCUT2D eigenvalue weighted by atomic mass is 32.2. The lowest BCUT2D eigenvalue weighted by Gasteiger charge is -2.17. The Morgan fingerprint density at radius 1 is 0.672 bits per heavy atom. The second-order valence-corrected chi connectivity index (χ2v) is 16.6. The lowest BCUT2D eigenvalue weighted by molar-refractivity contribution is 0.141. The number of anilines is 1. The minimum atomic E-state index is -4.75. The number of aromatic nitrogens is 6. The van der Waals surface area contributed by atoms with E-state index in [1.54, 1.807) is 47.6 Å². The van der Waals surface area contributed by atoms with Crippen LogP contribution in [0, 0.1) is 23.2 Å². The number of fused-ring (bicyclic) bond motifs is 2. The SMILES string of the molecule is N#COc1c(-c2ccncc2)cc(F)c2c1CCC2.NS(=O)(=O)c1nccnc1C(F)F.O=C(Nc1c(-c2ccncc2)cc(F)c2c1CCC2)NS(=O)(=O)c1nccnc1C(F)F. The first-order valence-electron chi connectivity index (χ1n) is 18.6. The highest BCUT2D eigenvalue weighted by Gasteiger charge is 2.30. The molecule has 0 fully saturated rings. The quantitative estimate of drug-likeness (QED) is 0.0987. The molecule has 4 heterocycles. The Labute approximate surface area is 360 Å². The second-order valence-electron chi connectivity index (χ2n) is 13.5. The number of nitrogens with two attached hydrogens (primary N) is 1. The maximum atomic E-state index is 14.6. The minimum Gasteiger partial charge on any atom is -0.387 e. The largest absolute Gasteiger partial charge is 0.387 e. The second kappa shape index (κ2) is 19.9. The van der Waals surface area contributed by atoms with Crippen molar-refractivity contribution < 1.29 is 52.7 Å². The number of nitrogens with one attached hydrogen (secondary N) is 2. The van der Waals surface area contributed by atoms with E-state index in [1.165, 1.54) is 24.5 Å². The first-order valence-corrected chi connectivity index (χ1v) is 21.6. The van der Waals surface area contributed by atoms with Crippen LogP contribution in [0.2, 0.25) is 0 Å². The summed E-state index contributed by atoms with van der Waals surface area (Å²) in [5.74, 6) is -0.156. The van der Waals surface area contributed by atoms with Gasteiger partial charge in [-0.15, -0.1) is 5.26 Å². The van der Waals surface area contributed by atoms with Crippen molar-refractivity contribution in [2.24, 2.45) is 5.14 Å². The van der Waals surface area contributed by atoms with E-state index in [2.05, 4.69) is 40.4 Å². The minimum absolute atomic E-state index is 0.218. The van der Waals surface area contributed by atoms with E-state index in [0.717, 1.165) is 48.8 Å². The molecule has 24 heteroatoms. The van der Waals surface area contributed by atoms with E-state index in [0.29, 0.717) is 64.8 Å². The number of ether oxygens (including phenoxy) is 1. The molecule has 0 saturated heterocycles. The highest BCUT2D eigenvalue weighted by molar-refractivity contribution is 7.90. The number of amides is 2. The van der Waals surface area contributed by atoms with Crippen LogP contribution in [0.25, 0.3) is 22.3 Å². The Morgan fingerprint density at radius 3 is 1.64 bits per heavy atom. The fraction of sp³-hybridized carbons (Fsp3) is 0.200. The number of primary sulfonamides is 1. The van der Waals surface area contributed by atoms with Gasteiger partial charge in [-0.2, -0.15) is 8.42 Å². The predicted octanol–water partition coefficient (Wildman–Crippen LogP) is 6.91. The molecule has 2 amide bonds. The van der Waals surface area contributed by atoms with E-state index in [4.69, 9.17) is 10.00 Å². The van der Waals surface area contributed by atoms with Crippen molar-refractivity contribution in [2.45, 2.75) is 61.4 Å². The average Bonchev–Trinajstić information content (AvgIpc) is 3.99. The molecule has 6 aromatic rings. The molecule has 4 aromatic heterocycles. The van der Waals surface area contributed by atoms with Crippen molar-refractivity contribution >= 4 is 31.8 Å². The lowest BCUT2D eigenvalue weighted by atomic mass is 9.97. The van der Waals surface area contributed by atoms with Gasteiger partial charge in [-0.3, -0.25) is 19.9 Å². The number of carbonyl (C=O) groups excluding carboxylic acids is 1. The molecule has 64 heavy (non-hydrogen) atoms. The zero-order valence-corrected chi connectivity index (χ0v) is 34.4. The van der Waals surface area contributed by atoms with E-state index >= 15 is 0 Å². The van der Waals surface area contributed by atoms with E-state index in [1.807, 2.05) is 0 Å². The molecule has 0 bridgehead atoms. The molecule has 0 unspecified atom stereocenters. The molecule has 16 nitrogen and oxygen atoms in total.